The molecular weight excluding hydrogens is 795 g/mol. The molecule has 5 aliphatic carbocycles. The predicted octanol–water partition coefficient (Wildman–Crippen LogP) is 8.80. The Bertz CT molecular complexity index is 2380. The summed E-state index contributed by atoms with van der Waals surface area (Å²) >= 11 is 0. The van der Waals surface area contributed by atoms with Gasteiger partial charge in [0.15, 0.2) is 30.0 Å². The molecule has 3 aromatic rings. The van der Waals surface area contributed by atoms with Gasteiger partial charge in [0, 0.05) is 12.0 Å². The van der Waals surface area contributed by atoms with E-state index in [-0.39, 0.29) is 46.6 Å². The van der Waals surface area contributed by atoms with Crippen molar-refractivity contribution in [2.45, 2.75) is 125 Å². The third-order valence-electron chi connectivity index (χ3n) is 17.1. The largest absolute Gasteiger partial charge is 0.519 e. The van der Waals surface area contributed by atoms with Gasteiger partial charge in [-0.15, -0.1) is 0 Å². The van der Waals surface area contributed by atoms with E-state index >= 15 is 4.79 Å². The molecule has 4 saturated carbocycles. The Kier molecular flexibility index (Phi) is 10.6. The second kappa shape index (κ2) is 14.9. The van der Waals surface area contributed by atoms with E-state index in [1.54, 1.807) is 13.8 Å². The number of sulfonamides is 1. The number of esters is 2. The zero-order chi connectivity index (χ0) is 44.0. The Morgan fingerprint density at radius 2 is 1.44 bits per heavy atom. The highest BCUT2D eigenvalue weighted by molar-refractivity contribution is 7.88. The van der Waals surface area contributed by atoms with Gasteiger partial charge in [-0.05, 0) is 129 Å². The molecule has 8 rings (SSSR count). The molecule has 1 heterocycles. The summed E-state index contributed by atoms with van der Waals surface area (Å²) in [5.41, 5.74) is -0.823. The molecule has 2 aromatic carbocycles. The maximum absolute atomic E-state index is 15.2. The number of carbonyl (C=O) groups excluding carboxylic acids is 3. The van der Waals surface area contributed by atoms with Crippen molar-refractivity contribution in [3.05, 3.63) is 106 Å². The van der Waals surface area contributed by atoms with Crippen molar-refractivity contribution in [1.29, 1.82) is 0 Å². The Balaban J connectivity index is 1.12. The molecule has 12 heteroatoms. The smallest absolute Gasteiger partial charge is 0.457 e. The number of hydrogen-bond donors (Lipinski definition) is 1. The summed E-state index contributed by atoms with van der Waals surface area (Å²) in [4.78, 5) is 56.1. The van der Waals surface area contributed by atoms with Crippen molar-refractivity contribution in [3.63, 3.8) is 0 Å². The molecular formula is C49H61NO10S. The monoisotopic (exact) mass is 855 g/mol. The fraction of sp³-hybridized carbons (Fsp3) is 0.592. The Hall–Kier alpha value is -4.29. The first kappa shape index (κ1) is 43.4. The van der Waals surface area contributed by atoms with Crippen LogP contribution in [-0.4, -0.2) is 38.4 Å². The van der Waals surface area contributed by atoms with E-state index in [1.807, 2.05) is 73.7 Å². The highest BCUT2D eigenvalue weighted by Crippen LogP contribution is 2.75. The molecule has 0 amide bonds. The maximum Gasteiger partial charge on any atom is 0.519 e. The highest BCUT2D eigenvalue weighted by atomic mass is 32.2. The summed E-state index contributed by atoms with van der Waals surface area (Å²) in [6.45, 7) is 14.1. The summed E-state index contributed by atoms with van der Waals surface area (Å²) in [6.07, 6.45) is 8.48. The highest BCUT2D eigenvalue weighted by Gasteiger charge is 2.72. The van der Waals surface area contributed by atoms with Crippen LogP contribution in [0.1, 0.15) is 128 Å². The van der Waals surface area contributed by atoms with Crippen LogP contribution in [0.3, 0.4) is 0 Å². The first-order valence-electron chi connectivity index (χ1n) is 21.9. The lowest BCUT2D eigenvalue weighted by molar-refractivity contribution is -0.204. The lowest BCUT2D eigenvalue weighted by Crippen LogP contribution is -2.69. The van der Waals surface area contributed by atoms with Gasteiger partial charge in [-0.1, -0.05) is 93.9 Å². The molecule has 61 heavy (non-hydrogen) atoms. The summed E-state index contributed by atoms with van der Waals surface area (Å²) in [5.74, 6) is -2.31. The number of rotatable bonds is 9. The summed E-state index contributed by atoms with van der Waals surface area (Å²) in [6, 6.07) is 18.9. The van der Waals surface area contributed by atoms with Crippen LogP contribution in [0.15, 0.2) is 85.9 Å². The lowest BCUT2D eigenvalue weighted by atomic mass is 9.33. The third kappa shape index (κ3) is 6.98. The van der Waals surface area contributed by atoms with Crippen molar-refractivity contribution in [3.8, 4) is 0 Å². The van der Waals surface area contributed by atoms with Crippen molar-refractivity contribution >= 4 is 27.7 Å². The van der Waals surface area contributed by atoms with E-state index < -0.39 is 67.5 Å². The second-order valence-corrected chi connectivity index (χ2v) is 22.4. The predicted molar refractivity (Wildman–Crippen MR) is 228 cm³/mol. The van der Waals surface area contributed by atoms with E-state index in [0.717, 1.165) is 42.2 Å². The van der Waals surface area contributed by atoms with Crippen LogP contribution in [0, 0.1) is 57.2 Å². The molecule has 0 unspecified atom stereocenters. The van der Waals surface area contributed by atoms with Gasteiger partial charge in [0.25, 0.3) is 0 Å². The van der Waals surface area contributed by atoms with Crippen molar-refractivity contribution < 1.29 is 41.1 Å². The van der Waals surface area contributed by atoms with E-state index in [4.69, 9.17) is 18.3 Å². The second-order valence-electron chi connectivity index (χ2n) is 20.6. The zero-order valence-corrected chi connectivity index (χ0v) is 37.6. The minimum absolute atomic E-state index is 0.0157. The molecule has 328 valence electrons. The van der Waals surface area contributed by atoms with Crippen molar-refractivity contribution in [2.24, 2.45) is 50.2 Å². The summed E-state index contributed by atoms with van der Waals surface area (Å²) < 4.78 is 50.9. The Labute approximate surface area is 359 Å². The van der Waals surface area contributed by atoms with Gasteiger partial charge in [0.2, 0.25) is 10.0 Å². The fourth-order valence-corrected chi connectivity index (χ4v) is 14.3. The van der Waals surface area contributed by atoms with Gasteiger partial charge < -0.3 is 18.3 Å². The average Bonchev–Trinajstić information content (AvgIpc) is 3.54. The topological polar surface area (TPSA) is 159 Å². The van der Waals surface area contributed by atoms with E-state index in [1.165, 1.54) is 0 Å². The van der Waals surface area contributed by atoms with Crippen LogP contribution in [0.4, 0.5) is 0 Å². The standard InChI is InChI=1S/C49H61NO10S/c1-30-36(59-43(54)58-30)29-57-42(53)49(7)37-19-22-48(6)40(46(37,4)21-20-38(49)50-61(8,55)56)35(51)27-33-34-28-45(3,24-23-44(34,2)25-26-47(33,48)5)41(52)60-39(31-15-11-9-12-16-31)32-17-13-10-14-18-32/h9-18,27,34,37-40,50H,19-26,28-29H2,1-8H3/t34-,37+,38-,40+,44+,45-,46-,47+,48+,49-/m0/s1. The third-order valence-corrected chi connectivity index (χ3v) is 17.9. The number of allylic oxidation sites excluding steroid dienone is 2. The van der Waals surface area contributed by atoms with E-state index in [2.05, 4.69) is 32.4 Å². The van der Waals surface area contributed by atoms with Crippen molar-refractivity contribution in [2.75, 3.05) is 6.26 Å². The number of ketones is 1. The van der Waals surface area contributed by atoms with Gasteiger partial charge >= 0.3 is 17.8 Å². The molecule has 11 nitrogen and oxygen atoms in total. The van der Waals surface area contributed by atoms with E-state index in [9.17, 15) is 22.8 Å². The molecule has 0 aliphatic heterocycles. The number of aryl methyl sites for hydroxylation is 1. The quantitative estimate of drug-likeness (QED) is 0.206. The number of ether oxygens (including phenoxy) is 2. The van der Waals surface area contributed by atoms with Gasteiger partial charge in [0.1, 0.15) is 0 Å². The summed E-state index contributed by atoms with van der Waals surface area (Å²) in [7, 11) is -3.74. The van der Waals surface area contributed by atoms with E-state index in [0.29, 0.717) is 38.5 Å². The van der Waals surface area contributed by atoms with Gasteiger partial charge in [0.05, 0.1) is 17.1 Å². The number of nitrogens with one attached hydrogen (secondary N) is 1. The normalized spacial score (nSPS) is 37.1. The number of hydrogen-bond acceptors (Lipinski definition) is 10. The van der Waals surface area contributed by atoms with Crippen LogP contribution in [0.2, 0.25) is 0 Å². The van der Waals surface area contributed by atoms with Gasteiger partial charge in [-0.2, -0.15) is 0 Å². The number of fused-ring (bicyclic) bond motifs is 7. The number of carbonyl (C=O) groups is 3. The first-order chi connectivity index (χ1) is 28.6. The molecule has 10 atom stereocenters. The van der Waals surface area contributed by atoms with Crippen LogP contribution in [0.5, 0.6) is 0 Å². The van der Waals surface area contributed by atoms with Crippen LogP contribution in [0.25, 0.3) is 0 Å². The van der Waals surface area contributed by atoms with Gasteiger partial charge in [-0.25, -0.2) is 17.9 Å². The first-order valence-corrected chi connectivity index (χ1v) is 23.8. The molecule has 1 aromatic heterocycles. The molecule has 0 radical (unpaired) electrons. The zero-order valence-electron chi connectivity index (χ0n) is 36.8. The van der Waals surface area contributed by atoms with Gasteiger partial charge in [-0.3, -0.25) is 14.4 Å². The van der Waals surface area contributed by atoms with Crippen LogP contribution < -0.4 is 10.5 Å². The molecule has 5 aliphatic rings. The summed E-state index contributed by atoms with van der Waals surface area (Å²) in [5, 5.41) is 0. The van der Waals surface area contributed by atoms with Crippen LogP contribution in [-0.2, 0) is 40.5 Å². The minimum atomic E-state index is -3.74. The molecule has 4 fully saturated rings. The Morgan fingerprint density at radius 3 is 2.03 bits per heavy atom. The fourth-order valence-electron chi connectivity index (χ4n) is 13.4. The maximum atomic E-state index is 15.2. The van der Waals surface area contributed by atoms with Crippen molar-refractivity contribution in [1.82, 2.24) is 4.72 Å². The SMILES string of the molecule is Cc1oc(=O)oc1COC(=O)[C@]1(C)[C@@H](NS(C)(=O)=O)CC[C@@]2(C)[C@H]1CC[C@]1(C)[C@@H]2C(=O)C=C2[C@@H]3C[C@@](C)(C(=O)OC(c4ccccc4)c4ccccc4)CC[C@]3(C)CC[C@]21C. The number of benzene rings is 2. The molecule has 0 bridgehead atoms. The molecule has 0 spiro atoms. The minimum Gasteiger partial charge on any atom is -0.457 e. The van der Waals surface area contributed by atoms with Crippen LogP contribution >= 0.6 is 0 Å². The average molecular weight is 856 g/mol. The Morgan fingerprint density at radius 1 is 0.820 bits per heavy atom. The lowest BCUT2D eigenvalue weighted by Gasteiger charge is -2.70. The molecule has 0 saturated heterocycles. The molecule has 1 N–H and O–H groups in total.